The Morgan fingerprint density at radius 3 is 2.89 bits per heavy atom. The summed E-state index contributed by atoms with van der Waals surface area (Å²) in [4.78, 5) is 15.2. The van der Waals surface area contributed by atoms with Crippen LogP contribution in [0, 0.1) is 11.3 Å². The Morgan fingerprint density at radius 1 is 1.50 bits per heavy atom. The zero-order chi connectivity index (χ0) is 13.1. The monoisotopic (exact) mass is 258 g/mol. The number of benzene rings is 1. The van der Waals surface area contributed by atoms with Gasteiger partial charge in [0, 0.05) is 5.39 Å². The summed E-state index contributed by atoms with van der Waals surface area (Å²) >= 11 is 1.13. The Balaban J connectivity index is 2.48. The molecule has 4 nitrogen and oxygen atoms in total. The van der Waals surface area contributed by atoms with E-state index in [1.807, 2.05) is 24.3 Å². The molecule has 0 saturated heterocycles. The van der Waals surface area contributed by atoms with Gasteiger partial charge in [-0.15, -0.1) is 0 Å². The van der Waals surface area contributed by atoms with Gasteiger partial charge in [0.15, 0.2) is 0 Å². The third kappa shape index (κ3) is 2.44. The first-order valence-corrected chi connectivity index (χ1v) is 6.19. The van der Waals surface area contributed by atoms with Crippen molar-refractivity contribution in [2.24, 2.45) is 0 Å². The molecule has 0 saturated carbocycles. The molecule has 1 N–H and O–H groups in total. The third-order valence-corrected chi connectivity index (χ3v) is 3.46. The summed E-state index contributed by atoms with van der Waals surface area (Å²) in [6.07, 6.45) is 0. The van der Waals surface area contributed by atoms with E-state index in [1.54, 1.807) is 13.0 Å². The van der Waals surface area contributed by atoms with Crippen LogP contribution in [0.2, 0.25) is 0 Å². The SMILES string of the molecule is CC(Sc1cc(C#N)c2ccccc2n1)C(=O)O. The van der Waals surface area contributed by atoms with Crippen LogP contribution in [0.1, 0.15) is 12.5 Å². The van der Waals surface area contributed by atoms with Crippen molar-refractivity contribution >= 4 is 28.6 Å². The van der Waals surface area contributed by atoms with Crippen LogP contribution in [0.4, 0.5) is 0 Å². The van der Waals surface area contributed by atoms with Gasteiger partial charge in [0.1, 0.15) is 5.25 Å². The number of pyridine rings is 1. The van der Waals surface area contributed by atoms with Gasteiger partial charge in [0.05, 0.1) is 22.2 Å². The predicted octanol–water partition coefficient (Wildman–Crippen LogP) is 2.67. The van der Waals surface area contributed by atoms with E-state index in [2.05, 4.69) is 11.1 Å². The van der Waals surface area contributed by atoms with Crippen molar-refractivity contribution in [1.82, 2.24) is 4.98 Å². The van der Waals surface area contributed by atoms with Crippen molar-refractivity contribution < 1.29 is 9.90 Å². The van der Waals surface area contributed by atoms with Gasteiger partial charge >= 0.3 is 5.97 Å². The number of aromatic nitrogens is 1. The molecule has 1 heterocycles. The number of fused-ring (bicyclic) bond motifs is 1. The Bertz CT molecular complexity index is 649. The van der Waals surface area contributed by atoms with Gasteiger partial charge in [-0.3, -0.25) is 4.79 Å². The number of hydrogen-bond donors (Lipinski definition) is 1. The van der Waals surface area contributed by atoms with Gasteiger partial charge in [-0.25, -0.2) is 4.98 Å². The van der Waals surface area contributed by atoms with Crippen LogP contribution < -0.4 is 0 Å². The highest BCUT2D eigenvalue weighted by Crippen LogP contribution is 2.26. The molecule has 2 rings (SSSR count). The number of carboxylic acids is 1. The third-order valence-electron chi connectivity index (χ3n) is 2.46. The quantitative estimate of drug-likeness (QED) is 0.857. The van der Waals surface area contributed by atoms with Crippen molar-refractivity contribution in [3.8, 4) is 6.07 Å². The van der Waals surface area contributed by atoms with Crippen molar-refractivity contribution in [2.45, 2.75) is 17.2 Å². The van der Waals surface area contributed by atoms with Gasteiger partial charge < -0.3 is 5.11 Å². The number of carboxylic acid groups (broad SMARTS) is 1. The van der Waals surface area contributed by atoms with E-state index in [0.29, 0.717) is 16.1 Å². The number of thioether (sulfide) groups is 1. The number of aliphatic carboxylic acids is 1. The van der Waals surface area contributed by atoms with E-state index in [-0.39, 0.29) is 0 Å². The van der Waals surface area contributed by atoms with Gasteiger partial charge in [-0.1, -0.05) is 30.0 Å². The lowest BCUT2D eigenvalue weighted by molar-refractivity contribution is -0.136. The van der Waals surface area contributed by atoms with Gasteiger partial charge in [0.25, 0.3) is 0 Å². The van der Waals surface area contributed by atoms with Crippen molar-refractivity contribution in [3.63, 3.8) is 0 Å². The van der Waals surface area contributed by atoms with Crippen LogP contribution in [0.15, 0.2) is 35.4 Å². The summed E-state index contributed by atoms with van der Waals surface area (Å²) in [5.74, 6) is -0.895. The van der Waals surface area contributed by atoms with Crippen LogP contribution in [0.3, 0.4) is 0 Å². The van der Waals surface area contributed by atoms with E-state index in [9.17, 15) is 4.79 Å². The summed E-state index contributed by atoms with van der Waals surface area (Å²) < 4.78 is 0. The second kappa shape index (κ2) is 5.07. The van der Waals surface area contributed by atoms with E-state index in [1.165, 1.54) is 0 Å². The highest BCUT2D eigenvalue weighted by atomic mass is 32.2. The van der Waals surface area contributed by atoms with Gasteiger partial charge in [-0.05, 0) is 19.1 Å². The Morgan fingerprint density at radius 2 is 2.22 bits per heavy atom. The molecule has 18 heavy (non-hydrogen) atoms. The fourth-order valence-corrected chi connectivity index (χ4v) is 2.34. The molecular weight excluding hydrogens is 248 g/mol. The molecule has 0 bridgehead atoms. The molecule has 0 fully saturated rings. The molecule has 1 aromatic heterocycles. The molecule has 90 valence electrons. The minimum absolute atomic E-state index is 0.515. The fraction of sp³-hybridized carbons (Fsp3) is 0.154. The zero-order valence-electron chi connectivity index (χ0n) is 9.62. The molecule has 1 aromatic carbocycles. The lowest BCUT2D eigenvalue weighted by atomic mass is 10.1. The molecule has 2 aromatic rings. The molecular formula is C13H10N2O2S. The fourth-order valence-electron chi connectivity index (χ4n) is 1.54. The number of nitriles is 1. The van der Waals surface area contributed by atoms with Crippen LogP contribution >= 0.6 is 11.8 Å². The maximum absolute atomic E-state index is 10.8. The molecule has 1 unspecified atom stereocenters. The van der Waals surface area contributed by atoms with E-state index >= 15 is 0 Å². The second-order valence-electron chi connectivity index (χ2n) is 3.74. The molecule has 0 amide bonds. The largest absolute Gasteiger partial charge is 0.480 e. The topological polar surface area (TPSA) is 74.0 Å². The van der Waals surface area contributed by atoms with Crippen LogP contribution in [0.25, 0.3) is 10.9 Å². The molecule has 0 aliphatic rings. The van der Waals surface area contributed by atoms with E-state index in [4.69, 9.17) is 10.4 Å². The number of nitrogens with zero attached hydrogens (tertiary/aromatic N) is 2. The number of carbonyl (C=O) groups is 1. The van der Waals surface area contributed by atoms with Crippen molar-refractivity contribution in [3.05, 3.63) is 35.9 Å². The highest BCUT2D eigenvalue weighted by Gasteiger charge is 2.14. The number of hydrogen-bond acceptors (Lipinski definition) is 4. The maximum Gasteiger partial charge on any atom is 0.316 e. The summed E-state index contributed by atoms with van der Waals surface area (Å²) in [7, 11) is 0. The standard InChI is InChI=1S/C13H10N2O2S/c1-8(13(16)17)18-12-6-9(7-14)10-4-2-3-5-11(10)15-12/h2-6,8H,1H3,(H,16,17). The predicted molar refractivity (Wildman–Crippen MR) is 69.4 cm³/mol. The summed E-state index contributed by atoms with van der Waals surface area (Å²) in [5, 5.41) is 18.7. The molecule has 0 aliphatic carbocycles. The summed E-state index contributed by atoms with van der Waals surface area (Å²) in [6.45, 7) is 1.59. The van der Waals surface area contributed by atoms with Crippen LogP contribution in [-0.4, -0.2) is 21.3 Å². The zero-order valence-corrected chi connectivity index (χ0v) is 10.4. The average molecular weight is 258 g/mol. The first-order chi connectivity index (χ1) is 8.61. The Labute approximate surface area is 108 Å². The van der Waals surface area contributed by atoms with Crippen molar-refractivity contribution in [2.75, 3.05) is 0 Å². The smallest absolute Gasteiger partial charge is 0.316 e. The maximum atomic E-state index is 10.8. The first kappa shape index (κ1) is 12.4. The molecule has 5 heteroatoms. The van der Waals surface area contributed by atoms with Gasteiger partial charge in [-0.2, -0.15) is 5.26 Å². The minimum atomic E-state index is -0.895. The molecule has 0 spiro atoms. The van der Waals surface area contributed by atoms with Crippen molar-refractivity contribution in [1.29, 1.82) is 5.26 Å². The molecule has 0 radical (unpaired) electrons. The Kier molecular flexibility index (Phi) is 3.49. The minimum Gasteiger partial charge on any atom is -0.480 e. The number of rotatable bonds is 3. The molecule has 1 atom stereocenters. The highest BCUT2D eigenvalue weighted by molar-refractivity contribution is 8.00. The van der Waals surface area contributed by atoms with Gasteiger partial charge in [0.2, 0.25) is 0 Å². The summed E-state index contributed by atoms with van der Waals surface area (Å²) in [5.41, 5.74) is 1.22. The van der Waals surface area contributed by atoms with E-state index < -0.39 is 11.2 Å². The lowest BCUT2D eigenvalue weighted by Crippen LogP contribution is -2.11. The average Bonchev–Trinajstić information content (AvgIpc) is 2.37. The van der Waals surface area contributed by atoms with Crippen LogP contribution in [-0.2, 0) is 4.79 Å². The summed E-state index contributed by atoms with van der Waals surface area (Å²) in [6, 6.07) is 11.1. The Hall–Kier alpha value is -2.06. The lowest BCUT2D eigenvalue weighted by Gasteiger charge is -2.07. The van der Waals surface area contributed by atoms with E-state index in [0.717, 1.165) is 17.1 Å². The first-order valence-electron chi connectivity index (χ1n) is 5.31. The normalized spacial score (nSPS) is 12.0. The number of para-hydroxylation sites is 1. The molecule has 0 aliphatic heterocycles. The van der Waals surface area contributed by atoms with Crippen LogP contribution in [0.5, 0.6) is 0 Å². The second-order valence-corrected chi connectivity index (χ2v) is 5.10.